The second-order valence-electron chi connectivity index (χ2n) is 8.08. The molecular formula is C22H27N5O3. The lowest BCUT2D eigenvalue weighted by Gasteiger charge is -2.20. The van der Waals surface area contributed by atoms with Crippen LogP contribution in [0.15, 0.2) is 42.7 Å². The van der Waals surface area contributed by atoms with Crippen LogP contribution in [-0.4, -0.2) is 46.1 Å². The lowest BCUT2D eigenvalue weighted by Crippen LogP contribution is -2.35. The topological polar surface area (TPSA) is 107 Å². The summed E-state index contributed by atoms with van der Waals surface area (Å²) in [6.45, 7) is 1.61. The summed E-state index contributed by atoms with van der Waals surface area (Å²) in [5.74, 6) is 0.970. The number of hydrogen-bond acceptors (Lipinski definition) is 6. The number of aryl methyl sites for hydroxylation is 1. The third-order valence-electron chi connectivity index (χ3n) is 6.02. The second-order valence-corrected chi connectivity index (χ2v) is 8.08. The van der Waals surface area contributed by atoms with Crippen LogP contribution in [0.2, 0.25) is 0 Å². The maximum atomic E-state index is 12.2. The number of carbonyl (C=O) groups excluding carboxylic acids is 2. The van der Waals surface area contributed by atoms with Gasteiger partial charge in [-0.05, 0) is 24.8 Å². The number of hydrogen-bond donors (Lipinski definition) is 3. The number of nitrogens with zero attached hydrogens (tertiary/aromatic N) is 3. The predicted octanol–water partition coefficient (Wildman–Crippen LogP) is 1.95. The molecule has 8 heteroatoms. The largest absolute Gasteiger partial charge is 0.353 e. The van der Waals surface area contributed by atoms with E-state index in [-0.39, 0.29) is 17.5 Å². The van der Waals surface area contributed by atoms with Crippen molar-refractivity contribution in [2.24, 2.45) is 11.8 Å². The molecule has 4 rings (SSSR count). The minimum atomic E-state index is -0.631. The molecule has 0 radical (unpaired) electrons. The van der Waals surface area contributed by atoms with Crippen LogP contribution in [0.3, 0.4) is 0 Å². The molecule has 8 nitrogen and oxygen atoms in total. The van der Waals surface area contributed by atoms with Crippen LogP contribution in [0.5, 0.6) is 0 Å². The van der Waals surface area contributed by atoms with E-state index in [1.54, 1.807) is 5.48 Å². The van der Waals surface area contributed by atoms with Gasteiger partial charge in [0.1, 0.15) is 0 Å². The first-order valence-corrected chi connectivity index (χ1v) is 10.5. The van der Waals surface area contributed by atoms with Gasteiger partial charge in [0.05, 0.1) is 5.56 Å². The number of unbranched alkanes of at least 4 members (excludes halogenated alkanes) is 2. The molecule has 3 N–H and O–H groups in total. The zero-order valence-electron chi connectivity index (χ0n) is 16.8. The highest BCUT2D eigenvalue weighted by Gasteiger charge is 2.56. The number of rotatable bonds is 9. The van der Waals surface area contributed by atoms with E-state index in [2.05, 4.69) is 44.5 Å². The fraction of sp³-hybridized carbons (Fsp3) is 0.455. The van der Waals surface area contributed by atoms with Crippen molar-refractivity contribution in [2.45, 2.75) is 38.1 Å². The summed E-state index contributed by atoms with van der Waals surface area (Å²) in [6, 6.07) is 10.7. The van der Waals surface area contributed by atoms with Gasteiger partial charge in [0.25, 0.3) is 5.91 Å². The van der Waals surface area contributed by atoms with Gasteiger partial charge in [-0.3, -0.25) is 14.8 Å². The van der Waals surface area contributed by atoms with Gasteiger partial charge in [-0.15, -0.1) is 0 Å². The minimum absolute atomic E-state index is 0.149. The molecule has 1 aromatic carbocycles. The molecule has 2 unspecified atom stereocenters. The second kappa shape index (κ2) is 9.21. The first kappa shape index (κ1) is 20.3. The zero-order chi connectivity index (χ0) is 20.9. The highest BCUT2D eigenvalue weighted by Crippen LogP contribution is 2.46. The smallest absolute Gasteiger partial charge is 0.277 e. The van der Waals surface area contributed by atoms with Gasteiger partial charge in [0, 0.05) is 49.8 Å². The molecule has 1 aliphatic carbocycles. The van der Waals surface area contributed by atoms with Gasteiger partial charge < -0.3 is 10.2 Å². The van der Waals surface area contributed by atoms with Crippen molar-refractivity contribution in [1.29, 1.82) is 0 Å². The van der Waals surface area contributed by atoms with Crippen molar-refractivity contribution < 1.29 is 14.8 Å². The summed E-state index contributed by atoms with van der Waals surface area (Å²) in [6.07, 6.45) is 7.55. The molecular weight excluding hydrogens is 382 g/mol. The molecule has 2 heterocycles. The Hall–Kier alpha value is -3.00. The molecule has 1 saturated heterocycles. The van der Waals surface area contributed by atoms with Crippen LogP contribution in [0.4, 0.5) is 5.95 Å². The summed E-state index contributed by atoms with van der Waals surface area (Å²) >= 11 is 0. The van der Waals surface area contributed by atoms with Gasteiger partial charge in [-0.1, -0.05) is 36.8 Å². The van der Waals surface area contributed by atoms with Gasteiger partial charge in [-0.25, -0.2) is 15.4 Å². The third kappa shape index (κ3) is 4.76. The Morgan fingerprint density at radius 1 is 1.03 bits per heavy atom. The molecule has 1 saturated carbocycles. The molecule has 2 aliphatic rings. The van der Waals surface area contributed by atoms with Crippen molar-refractivity contribution in [1.82, 2.24) is 20.8 Å². The quantitative estimate of drug-likeness (QED) is 0.332. The average molecular weight is 409 g/mol. The maximum Gasteiger partial charge on any atom is 0.277 e. The number of anilines is 1. The Kier molecular flexibility index (Phi) is 6.23. The summed E-state index contributed by atoms with van der Waals surface area (Å²) in [4.78, 5) is 34.0. The number of carbonyl (C=O) groups is 2. The summed E-state index contributed by atoms with van der Waals surface area (Å²) in [5.41, 5.74) is 3.13. The van der Waals surface area contributed by atoms with E-state index in [9.17, 15) is 9.59 Å². The van der Waals surface area contributed by atoms with Crippen molar-refractivity contribution in [3.63, 3.8) is 0 Å². The van der Waals surface area contributed by atoms with Crippen molar-refractivity contribution >= 4 is 17.8 Å². The SMILES string of the molecule is O=C(CCCCCc1ccccc1)NC1C2CN(c3ncc(C(=O)NO)cn3)CC21. The van der Waals surface area contributed by atoms with Crippen LogP contribution in [0.1, 0.15) is 41.6 Å². The van der Waals surface area contributed by atoms with E-state index < -0.39 is 5.91 Å². The lowest BCUT2D eigenvalue weighted by atomic mass is 10.1. The number of aromatic nitrogens is 2. The van der Waals surface area contributed by atoms with Crippen molar-refractivity contribution in [3.8, 4) is 0 Å². The fourth-order valence-corrected chi connectivity index (χ4v) is 4.26. The minimum Gasteiger partial charge on any atom is -0.353 e. The Morgan fingerprint density at radius 2 is 1.73 bits per heavy atom. The number of fused-ring (bicyclic) bond motifs is 1. The summed E-state index contributed by atoms with van der Waals surface area (Å²) in [5, 5.41) is 11.8. The molecule has 2 amide bonds. The van der Waals surface area contributed by atoms with E-state index in [0.717, 1.165) is 38.8 Å². The lowest BCUT2D eigenvalue weighted by molar-refractivity contribution is -0.121. The highest BCUT2D eigenvalue weighted by atomic mass is 16.5. The van der Waals surface area contributed by atoms with Crippen molar-refractivity contribution in [2.75, 3.05) is 18.0 Å². The molecule has 2 atom stereocenters. The Bertz CT molecular complexity index is 862. The van der Waals surface area contributed by atoms with Gasteiger partial charge in [-0.2, -0.15) is 0 Å². The van der Waals surface area contributed by atoms with Gasteiger partial charge >= 0.3 is 0 Å². The summed E-state index contributed by atoms with van der Waals surface area (Å²) < 4.78 is 0. The first-order valence-electron chi connectivity index (χ1n) is 10.5. The molecule has 0 bridgehead atoms. The van der Waals surface area contributed by atoms with E-state index in [4.69, 9.17) is 5.21 Å². The van der Waals surface area contributed by atoms with E-state index in [1.807, 2.05) is 6.07 Å². The van der Waals surface area contributed by atoms with Crippen LogP contribution in [-0.2, 0) is 11.2 Å². The summed E-state index contributed by atoms with van der Waals surface area (Å²) in [7, 11) is 0. The normalized spacial score (nSPS) is 21.8. The Balaban J connectivity index is 1.12. The van der Waals surface area contributed by atoms with Gasteiger partial charge in [0.2, 0.25) is 11.9 Å². The number of benzene rings is 1. The van der Waals surface area contributed by atoms with Crippen LogP contribution in [0.25, 0.3) is 0 Å². The maximum absolute atomic E-state index is 12.2. The van der Waals surface area contributed by atoms with Gasteiger partial charge in [0.15, 0.2) is 0 Å². The monoisotopic (exact) mass is 409 g/mol. The first-order chi connectivity index (χ1) is 14.7. The van der Waals surface area contributed by atoms with Crippen LogP contribution >= 0.6 is 0 Å². The standard InChI is InChI=1S/C22H27N5O3/c28-19(10-6-2-5-9-15-7-3-1-4-8-15)25-20-17-13-27(14-18(17)20)22-23-11-16(12-24-22)21(29)26-30/h1,3-4,7-8,11-12,17-18,20,30H,2,5-6,9-10,13-14H2,(H,25,28)(H,26,29). The van der Waals surface area contributed by atoms with Crippen molar-refractivity contribution in [3.05, 3.63) is 53.9 Å². The zero-order valence-corrected chi connectivity index (χ0v) is 16.8. The van der Waals surface area contributed by atoms with E-state index >= 15 is 0 Å². The number of piperidine rings is 1. The molecule has 1 aromatic heterocycles. The van der Waals surface area contributed by atoms with E-state index in [1.165, 1.54) is 18.0 Å². The molecule has 158 valence electrons. The highest BCUT2D eigenvalue weighted by molar-refractivity contribution is 5.92. The Morgan fingerprint density at radius 3 is 2.40 bits per heavy atom. The number of hydroxylamine groups is 1. The fourth-order valence-electron chi connectivity index (χ4n) is 4.26. The van der Waals surface area contributed by atoms with E-state index in [0.29, 0.717) is 24.2 Å². The molecule has 2 aromatic rings. The number of nitrogens with one attached hydrogen (secondary N) is 2. The molecule has 2 fully saturated rings. The third-order valence-corrected chi connectivity index (χ3v) is 6.02. The predicted molar refractivity (Wildman–Crippen MR) is 111 cm³/mol. The molecule has 0 spiro atoms. The number of amides is 2. The Labute approximate surface area is 175 Å². The average Bonchev–Trinajstić information content (AvgIpc) is 3.21. The van der Waals surface area contributed by atoms with Crippen LogP contribution in [0, 0.1) is 11.8 Å². The van der Waals surface area contributed by atoms with Crippen LogP contribution < -0.4 is 15.7 Å². The molecule has 1 aliphatic heterocycles. The molecule has 30 heavy (non-hydrogen) atoms.